The van der Waals surface area contributed by atoms with Crippen LogP contribution in [0.5, 0.6) is 0 Å². The Morgan fingerprint density at radius 1 is 0.830 bits per heavy atom. The van der Waals surface area contributed by atoms with Gasteiger partial charge in [0.15, 0.2) is 9.84 Å². The van der Waals surface area contributed by atoms with Gasteiger partial charge in [0, 0.05) is 30.2 Å². The van der Waals surface area contributed by atoms with Crippen LogP contribution in [0.3, 0.4) is 0 Å². The first-order valence-corrected chi connectivity index (χ1v) is 17.9. The molecule has 14 heteroatoms. The fourth-order valence-corrected chi connectivity index (χ4v) is 4.89. The summed E-state index contributed by atoms with van der Waals surface area (Å²) in [6.45, 7) is 12.5. The minimum Gasteiger partial charge on any atom is -0.445 e. The molecule has 0 bridgehead atoms. The standard InChI is InChI=1S/C33H53N5O8S/c1-9-23(6)29(38-33(43)46-20-25-13-11-10-12-14-25)32(42)37-27(15-16-28(39)34-22(4)5)31(41)35-24(7)30(40)36-26(19-21(2)3)17-18-47(8,44)45/h10-14,17-18,21-24,26-27,29H,9,15-16,19-20H2,1-8H3,(H,34,39)(H,35,41)(H,36,40)(H,37,42)(H,38,43)/b18-17+/t23-,24-,26+,27-,29-/m0/s1. The number of rotatable bonds is 19. The molecule has 0 aliphatic rings. The van der Waals surface area contributed by atoms with E-state index in [0.717, 1.165) is 17.2 Å². The molecular formula is C33H53N5O8S. The largest absolute Gasteiger partial charge is 0.445 e. The van der Waals surface area contributed by atoms with Gasteiger partial charge in [-0.15, -0.1) is 0 Å². The zero-order valence-corrected chi connectivity index (χ0v) is 29.6. The van der Waals surface area contributed by atoms with E-state index in [1.165, 1.54) is 13.0 Å². The van der Waals surface area contributed by atoms with Crippen LogP contribution < -0.4 is 26.6 Å². The van der Waals surface area contributed by atoms with Crippen LogP contribution in [0.1, 0.15) is 79.7 Å². The van der Waals surface area contributed by atoms with Crippen LogP contribution >= 0.6 is 0 Å². The average molecular weight is 680 g/mol. The zero-order chi connectivity index (χ0) is 35.7. The molecule has 13 nitrogen and oxygen atoms in total. The average Bonchev–Trinajstić information content (AvgIpc) is 2.98. The molecule has 1 rings (SSSR count). The van der Waals surface area contributed by atoms with E-state index in [9.17, 15) is 32.4 Å². The Balaban J connectivity index is 3.09. The summed E-state index contributed by atoms with van der Waals surface area (Å²) in [5.41, 5.74) is 0.767. The summed E-state index contributed by atoms with van der Waals surface area (Å²) in [6.07, 6.45) is 2.44. The Kier molecular flexibility index (Phi) is 17.8. The highest BCUT2D eigenvalue weighted by Crippen LogP contribution is 2.11. The molecule has 5 amide bonds. The summed E-state index contributed by atoms with van der Waals surface area (Å²) in [4.78, 5) is 65.0. The number of amides is 5. The van der Waals surface area contributed by atoms with Crippen molar-refractivity contribution in [2.75, 3.05) is 6.26 Å². The van der Waals surface area contributed by atoms with Gasteiger partial charge in [0.1, 0.15) is 24.7 Å². The van der Waals surface area contributed by atoms with E-state index < -0.39 is 57.8 Å². The molecule has 47 heavy (non-hydrogen) atoms. The third-order valence-corrected chi connectivity index (χ3v) is 7.74. The molecule has 0 saturated heterocycles. The molecule has 0 fully saturated rings. The Labute approximate surface area is 279 Å². The lowest BCUT2D eigenvalue weighted by atomic mass is 9.97. The molecule has 1 aromatic rings. The van der Waals surface area contributed by atoms with Crippen molar-refractivity contribution in [3.05, 3.63) is 47.4 Å². The maximum absolute atomic E-state index is 13.5. The number of nitrogens with one attached hydrogen (secondary N) is 5. The predicted octanol–water partition coefficient (Wildman–Crippen LogP) is 2.71. The van der Waals surface area contributed by atoms with E-state index in [2.05, 4.69) is 26.6 Å². The molecule has 1 aromatic carbocycles. The van der Waals surface area contributed by atoms with Gasteiger partial charge in [0.25, 0.3) is 0 Å². The molecule has 0 aliphatic carbocycles. The minimum absolute atomic E-state index is 0.000458. The molecule has 264 valence electrons. The van der Waals surface area contributed by atoms with Gasteiger partial charge in [0.05, 0.1) is 0 Å². The first-order chi connectivity index (χ1) is 21.9. The van der Waals surface area contributed by atoms with Crippen LogP contribution in [0.25, 0.3) is 0 Å². The molecular weight excluding hydrogens is 626 g/mol. The SMILES string of the molecule is CC[C@H](C)[C@H](NC(=O)OCc1ccccc1)C(=O)N[C@@H](CCC(=O)NC(C)C)C(=O)N[C@@H](C)C(=O)N[C@H](/C=C/S(C)(=O)=O)CC(C)C. The zero-order valence-electron chi connectivity index (χ0n) is 28.8. The normalized spacial score (nSPS) is 14.9. The molecule has 0 heterocycles. The highest BCUT2D eigenvalue weighted by molar-refractivity contribution is 7.93. The lowest BCUT2D eigenvalue weighted by Gasteiger charge is -2.27. The molecule has 0 spiro atoms. The summed E-state index contributed by atoms with van der Waals surface area (Å²) >= 11 is 0. The lowest BCUT2D eigenvalue weighted by molar-refractivity contribution is -0.133. The Bertz CT molecular complexity index is 1320. The Morgan fingerprint density at radius 2 is 1.47 bits per heavy atom. The maximum Gasteiger partial charge on any atom is 0.408 e. The first-order valence-electron chi connectivity index (χ1n) is 16.0. The fraction of sp³-hybridized carbons (Fsp3) is 0.606. The number of sulfone groups is 1. The van der Waals surface area contributed by atoms with Crippen molar-refractivity contribution in [1.29, 1.82) is 0 Å². The summed E-state index contributed by atoms with van der Waals surface area (Å²) in [6, 6.07) is 4.97. The molecule has 0 radical (unpaired) electrons. The van der Waals surface area contributed by atoms with Crippen molar-refractivity contribution >= 4 is 39.6 Å². The quantitative estimate of drug-likeness (QED) is 0.148. The smallest absolute Gasteiger partial charge is 0.408 e. The van der Waals surface area contributed by atoms with Crippen LogP contribution in [0.2, 0.25) is 0 Å². The lowest BCUT2D eigenvalue weighted by Crippen LogP contribution is -2.58. The van der Waals surface area contributed by atoms with Gasteiger partial charge in [-0.25, -0.2) is 13.2 Å². The van der Waals surface area contributed by atoms with Gasteiger partial charge in [0.2, 0.25) is 23.6 Å². The van der Waals surface area contributed by atoms with E-state index >= 15 is 0 Å². The van der Waals surface area contributed by atoms with E-state index in [4.69, 9.17) is 4.74 Å². The number of ether oxygens (including phenoxy) is 1. The first kappa shape index (κ1) is 41.1. The Morgan fingerprint density at radius 3 is 2.02 bits per heavy atom. The van der Waals surface area contributed by atoms with Gasteiger partial charge < -0.3 is 31.3 Å². The predicted molar refractivity (Wildman–Crippen MR) is 180 cm³/mol. The summed E-state index contributed by atoms with van der Waals surface area (Å²) in [5, 5.41) is 14.4. The van der Waals surface area contributed by atoms with E-state index in [-0.39, 0.29) is 43.2 Å². The van der Waals surface area contributed by atoms with Gasteiger partial charge in [-0.3, -0.25) is 19.2 Å². The van der Waals surface area contributed by atoms with Crippen molar-refractivity contribution in [2.45, 2.75) is 111 Å². The second kappa shape index (κ2) is 20.3. The number of carbonyl (C=O) groups is 5. The minimum atomic E-state index is -3.42. The van der Waals surface area contributed by atoms with Gasteiger partial charge >= 0.3 is 6.09 Å². The van der Waals surface area contributed by atoms with Crippen molar-refractivity contribution in [1.82, 2.24) is 26.6 Å². The number of alkyl carbamates (subject to hydrolysis) is 1. The van der Waals surface area contributed by atoms with Gasteiger partial charge in [-0.2, -0.15) is 0 Å². The highest BCUT2D eigenvalue weighted by Gasteiger charge is 2.32. The third-order valence-electron chi connectivity index (χ3n) is 7.09. The van der Waals surface area contributed by atoms with Gasteiger partial charge in [-0.05, 0) is 51.0 Å². The van der Waals surface area contributed by atoms with Crippen molar-refractivity contribution in [2.24, 2.45) is 11.8 Å². The second-order valence-corrected chi connectivity index (χ2v) is 14.5. The summed E-state index contributed by atoms with van der Waals surface area (Å²) in [7, 11) is -3.42. The number of benzene rings is 1. The van der Waals surface area contributed by atoms with E-state index in [1.807, 2.05) is 39.0 Å². The summed E-state index contributed by atoms with van der Waals surface area (Å²) in [5.74, 6) is -2.46. The highest BCUT2D eigenvalue weighted by atomic mass is 32.2. The van der Waals surface area contributed by atoms with Crippen LogP contribution in [0.15, 0.2) is 41.8 Å². The molecule has 0 saturated carbocycles. The van der Waals surface area contributed by atoms with Crippen LogP contribution in [0, 0.1) is 11.8 Å². The fourth-order valence-electron chi connectivity index (χ4n) is 4.41. The monoisotopic (exact) mass is 679 g/mol. The van der Waals surface area contributed by atoms with Crippen LogP contribution in [-0.2, 0) is 40.4 Å². The number of carbonyl (C=O) groups excluding carboxylic acids is 5. The molecule has 0 aliphatic heterocycles. The van der Waals surface area contributed by atoms with Gasteiger partial charge in [-0.1, -0.05) is 70.5 Å². The van der Waals surface area contributed by atoms with Crippen molar-refractivity contribution < 1.29 is 37.1 Å². The second-order valence-electron chi connectivity index (χ2n) is 12.5. The van der Waals surface area contributed by atoms with Crippen LogP contribution in [0.4, 0.5) is 4.79 Å². The van der Waals surface area contributed by atoms with E-state index in [1.54, 1.807) is 32.9 Å². The molecule has 5 N–H and O–H groups in total. The molecule has 0 unspecified atom stereocenters. The van der Waals surface area contributed by atoms with Crippen molar-refractivity contribution in [3.8, 4) is 0 Å². The number of hydrogen-bond acceptors (Lipinski definition) is 8. The summed E-state index contributed by atoms with van der Waals surface area (Å²) < 4.78 is 28.6. The third kappa shape index (κ3) is 17.5. The molecule has 0 aromatic heterocycles. The number of hydrogen-bond donors (Lipinski definition) is 5. The van der Waals surface area contributed by atoms with Crippen LogP contribution in [-0.4, -0.2) is 74.6 Å². The van der Waals surface area contributed by atoms with E-state index in [0.29, 0.717) is 12.8 Å². The maximum atomic E-state index is 13.5. The molecule has 5 atom stereocenters. The topological polar surface area (TPSA) is 189 Å². The van der Waals surface area contributed by atoms with Crippen molar-refractivity contribution in [3.63, 3.8) is 0 Å². The Hall–Kier alpha value is -3.94.